The molecule has 0 aliphatic carbocycles. The molecule has 142 valence electrons. The molecule has 0 fully saturated rings. The predicted octanol–water partition coefficient (Wildman–Crippen LogP) is 3.09. The first kappa shape index (κ1) is 17.8. The van der Waals surface area contributed by atoms with Crippen LogP contribution in [-0.2, 0) is 9.59 Å². The highest BCUT2D eigenvalue weighted by Gasteiger charge is 2.31. The van der Waals surface area contributed by atoms with Gasteiger partial charge in [-0.3, -0.25) is 9.59 Å². The van der Waals surface area contributed by atoms with Crippen LogP contribution in [0.15, 0.2) is 42.6 Å². The molecule has 0 bridgehead atoms. The van der Waals surface area contributed by atoms with Crippen molar-refractivity contribution in [3.63, 3.8) is 0 Å². The van der Waals surface area contributed by atoms with E-state index in [0.717, 1.165) is 11.4 Å². The van der Waals surface area contributed by atoms with Gasteiger partial charge in [-0.2, -0.15) is 5.10 Å². The summed E-state index contributed by atoms with van der Waals surface area (Å²) in [5.41, 5.74) is 3.27. The molecule has 1 unspecified atom stereocenters. The number of carbonyl (C=O) groups is 2. The molecule has 0 saturated heterocycles. The minimum Gasteiger partial charge on any atom is -0.326 e. The Bertz CT molecular complexity index is 1070. The fraction of sp³-hybridized carbons (Fsp3) is 0.200. The molecule has 28 heavy (non-hydrogen) atoms. The Morgan fingerprint density at radius 2 is 2.07 bits per heavy atom. The summed E-state index contributed by atoms with van der Waals surface area (Å²) in [6.07, 6.45) is 1.54. The number of pyridine rings is 1. The molecule has 1 atom stereocenters. The number of halogens is 1. The number of nitrogens with one attached hydrogen (secondary N) is 2. The number of aromatic nitrogens is 3. The smallest absolute Gasteiger partial charge is 0.232 e. The van der Waals surface area contributed by atoms with Gasteiger partial charge < -0.3 is 10.6 Å². The van der Waals surface area contributed by atoms with Crippen LogP contribution in [0.1, 0.15) is 29.3 Å². The molecule has 0 saturated carbocycles. The fourth-order valence-electron chi connectivity index (χ4n) is 3.35. The van der Waals surface area contributed by atoms with Gasteiger partial charge in [0.25, 0.3) is 0 Å². The van der Waals surface area contributed by atoms with Crippen LogP contribution in [-0.4, -0.2) is 26.6 Å². The zero-order chi connectivity index (χ0) is 19.8. The third kappa shape index (κ3) is 3.36. The van der Waals surface area contributed by atoms with Gasteiger partial charge in [0.2, 0.25) is 11.8 Å². The van der Waals surface area contributed by atoms with Gasteiger partial charge in [0.15, 0.2) is 5.82 Å². The number of hydrogen-bond donors (Lipinski definition) is 2. The molecule has 2 amide bonds. The predicted molar refractivity (Wildman–Crippen MR) is 102 cm³/mol. The van der Waals surface area contributed by atoms with Crippen LogP contribution < -0.4 is 10.6 Å². The molecule has 1 aliphatic heterocycles. The third-order valence-electron chi connectivity index (χ3n) is 4.61. The van der Waals surface area contributed by atoms with Crippen molar-refractivity contribution in [1.82, 2.24) is 14.8 Å². The van der Waals surface area contributed by atoms with E-state index >= 15 is 0 Å². The Kier molecular flexibility index (Phi) is 4.38. The van der Waals surface area contributed by atoms with E-state index in [0.29, 0.717) is 22.8 Å². The zero-order valence-electron chi connectivity index (χ0n) is 15.4. The van der Waals surface area contributed by atoms with Gasteiger partial charge in [0, 0.05) is 17.8 Å². The van der Waals surface area contributed by atoms with Crippen LogP contribution in [0.25, 0.3) is 5.82 Å². The van der Waals surface area contributed by atoms with E-state index in [-0.39, 0.29) is 18.2 Å². The van der Waals surface area contributed by atoms with Crippen LogP contribution in [0.4, 0.5) is 15.8 Å². The maximum Gasteiger partial charge on any atom is 0.232 e. The van der Waals surface area contributed by atoms with Crippen molar-refractivity contribution in [1.29, 1.82) is 0 Å². The number of fused-ring (bicyclic) bond motifs is 1. The topological polar surface area (TPSA) is 88.9 Å². The molecule has 3 heterocycles. The van der Waals surface area contributed by atoms with Gasteiger partial charge >= 0.3 is 0 Å². The molecule has 1 aromatic carbocycles. The molecule has 2 aromatic heterocycles. The summed E-state index contributed by atoms with van der Waals surface area (Å²) in [5, 5.41) is 9.76. The normalized spacial score (nSPS) is 15.7. The van der Waals surface area contributed by atoms with Gasteiger partial charge in [-0.15, -0.1) is 0 Å². The number of aryl methyl sites for hydroxylation is 2. The average molecular weight is 379 g/mol. The lowest BCUT2D eigenvalue weighted by Crippen LogP contribution is -2.30. The molecular weight excluding hydrogens is 361 g/mol. The van der Waals surface area contributed by atoms with E-state index in [1.807, 2.05) is 19.9 Å². The molecular formula is C20H18FN5O2. The first-order chi connectivity index (χ1) is 13.4. The largest absolute Gasteiger partial charge is 0.326 e. The Hall–Kier alpha value is -3.55. The van der Waals surface area contributed by atoms with Crippen molar-refractivity contribution in [3.05, 3.63) is 65.4 Å². The molecule has 0 spiro atoms. The summed E-state index contributed by atoms with van der Waals surface area (Å²) in [7, 11) is 0. The van der Waals surface area contributed by atoms with Gasteiger partial charge in [0.05, 0.1) is 23.5 Å². The van der Waals surface area contributed by atoms with E-state index in [1.54, 1.807) is 16.8 Å². The lowest BCUT2D eigenvalue weighted by molar-refractivity contribution is -0.123. The van der Waals surface area contributed by atoms with E-state index < -0.39 is 11.7 Å². The lowest BCUT2D eigenvalue weighted by atomic mass is 9.89. The van der Waals surface area contributed by atoms with Crippen LogP contribution >= 0.6 is 0 Å². The quantitative estimate of drug-likeness (QED) is 0.732. The van der Waals surface area contributed by atoms with Gasteiger partial charge in [-0.25, -0.2) is 14.1 Å². The van der Waals surface area contributed by atoms with Crippen LogP contribution in [0.5, 0.6) is 0 Å². The number of anilines is 2. The number of rotatable bonds is 3. The van der Waals surface area contributed by atoms with Gasteiger partial charge in [-0.05, 0) is 49.7 Å². The molecule has 3 aromatic rings. The summed E-state index contributed by atoms with van der Waals surface area (Å²) in [6, 6.07) is 9.46. The number of carbonyl (C=O) groups excluding carboxylic acids is 2. The monoisotopic (exact) mass is 379 g/mol. The SMILES string of the molecule is Cc1cc(C)n(-c2ccc(NC(=O)C3CC(=O)Nc4cc(F)ccc43)cn2)n1. The highest BCUT2D eigenvalue weighted by molar-refractivity contribution is 6.05. The van der Waals surface area contributed by atoms with Crippen LogP contribution in [0, 0.1) is 19.7 Å². The van der Waals surface area contributed by atoms with Crippen molar-refractivity contribution >= 4 is 23.2 Å². The first-order valence-electron chi connectivity index (χ1n) is 8.80. The minimum absolute atomic E-state index is 0.00172. The average Bonchev–Trinajstić information content (AvgIpc) is 2.99. The summed E-state index contributed by atoms with van der Waals surface area (Å²) < 4.78 is 15.2. The van der Waals surface area contributed by atoms with Crippen LogP contribution in [0.2, 0.25) is 0 Å². The van der Waals surface area contributed by atoms with Crippen LogP contribution in [0.3, 0.4) is 0 Å². The standard InChI is InChI=1S/C20H18FN5O2/c1-11-7-12(2)26(25-11)18-6-4-14(10-22-18)23-20(28)16-9-19(27)24-17-8-13(21)3-5-15(16)17/h3-8,10,16H,9H2,1-2H3,(H,23,28)(H,24,27). The summed E-state index contributed by atoms with van der Waals surface area (Å²) in [6.45, 7) is 3.84. The first-order valence-corrected chi connectivity index (χ1v) is 8.80. The number of hydrogen-bond acceptors (Lipinski definition) is 4. The molecule has 8 heteroatoms. The van der Waals surface area contributed by atoms with Crippen molar-refractivity contribution in [2.24, 2.45) is 0 Å². The molecule has 7 nitrogen and oxygen atoms in total. The highest BCUT2D eigenvalue weighted by atomic mass is 19.1. The molecule has 2 N–H and O–H groups in total. The number of nitrogens with zero attached hydrogens (tertiary/aromatic N) is 3. The van der Waals surface area contributed by atoms with Gasteiger partial charge in [-0.1, -0.05) is 6.07 Å². The third-order valence-corrected chi connectivity index (χ3v) is 4.61. The Morgan fingerprint density at radius 3 is 2.75 bits per heavy atom. The van der Waals surface area contributed by atoms with Crippen molar-refractivity contribution in [2.45, 2.75) is 26.2 Å². The van der Waals surface area contributed by atoms with Crippen molar-refractivity contribution < 1.29 is 14.0 Å². The summed E-state index contributed by atoms with van der Waals surface area (Å²) in [4.78, 5) is 29.0. The minimum atomic E-state index is -0.694. The van der Waals surface area contributed by atoms with Crippen molar-refractivity contribution in [2.75, 3.05) is 10.6 Å². The Balaban J connectivity index is 1.54. The summed E-state index contributed by atoms with van der Waals surface area (Å²) in [5.74, 6) is -1.19. The van der Waals surface area contributed by atoms with E-state index in [2.05, 4.69) is 20.7 Å². The number of benzene rings is 1. The van der Waals surface area contributed by atoms with E-state index in [9.17, 15) is 14.0 Å². The zero-order valence-corrected chi connectivity index (χ0v) is 15.4. The second kappa shape index (κ2) is 6.88. The second-order valence-corrected chi connectivity index (χ2v) is 6.77. The Morgan fingerprint density at radius 1 is 1.25 bits per heavy atom. The lowest BCUT2D eigenvalue weighted by Gasteiger charge is -2.24. The molecule has 0 radical (unpaired) electrons. The van der Waals surface area contributed by atoms with E-state index in [4.69, 9.17) is 0 Å². The van der Waals surface area contributed by atoms with E-state index in [1.165, 1.54) is 24.4 Å². The highest BCUT2D eigenvalue weighted by Crippen LogP contribution is 2.33. The Labute approximate surface area is 160 Å². The fourth-order valence-corrected chi connectivity index (χ4v) is 3.35. The maximum atomic E-state index is 13.4. The van der Waals surface area contributed by atoms with Gasteiger partial charge in [0.1, 0.15) is 5.82 Å². The van der Waals surface area contributed by atoms with Crippen molar-refractivity contribution in [3.8, 4) is 5.82 Å². The number of amides is 2. The molecule has 4 rings (SSSR count). The second-order valence-electron chi connectivity index (χ2n) is 6.77. The summed E-state index contributed by atoms with van der Waals surface area (Å²) >= 11 is 0. The maximum absolute atomic E-state index is 13.4. The molecule has 1 aliphatic rings.